The summed E-state index contributed by atoms with van der Waals surface area (Å²) in [5.41, 5.74) is 0.666. The van der Waals surface area contributed by atoms with E-state index in [1.807, 2.05) is 0 Å². The molecule has 1 aromatic heterocycles. The lowest BCUT2D eigenvalue weighted by atomic mass is 10.5. The lowest BCUT2D eigenvalue weighted by Gasteiger charge is -1.96. The van der Waals surface area contributed by atoms with Crippen LogP contribution in [0.1, 0.15) is 5.69 Å². The van der Waals surface area contributed by atoms with Crippen LogP contribution in [0.4, 0.5) is 0 Å². The van der Waals surface area contributed by atoms with Crippen LogP contribution >= 0.6 is 0 Å². The van der Waals surface area contributed by atoms with Crippen LogP contribution in [0.2, 0.25) is 0 Å². The summed E-state index contributed by atoms with van der Waals surface area (Å²) >= 11 is 0. The first-order chi connectivity index (χ1) is 5.08. The van der Waals surface area contributed by atoms with Crippen LogP contribution in [-0.4, -0.2) is 13.4 Å². The SMILES string of the molecule is NS(=O)(=O)OCc1ccc[nH]1. The lowest BCUT2D eigenvalue weighted by Crippen LogP contribution is -2.15. The third-order valence-electron chi connectivity index (χ3n) is 1.04. The zero-order chi connectivity index (χ0) is 8.32. The van der Waals surface area contributed by atoms with E-state index in [4.69, 9.17) is 0 Å². The van der Waals surface area contributed by atoms with Crippen LogP contribution in [0, 0.1) is 0 Å². The zero-order valence-corrected chi connectivity index (χ0v) is 6.47. The fourth-order valence-corrected chi connectivity index (χ4v) is 0.894. The summed E-state index contributed by atoms with van der Waals surface area (Å²) in [5.74, 6) is 0. The molecule has 1 aromatic rings. The van der Waals surface area contributed by atoms with Crippen LogP contribution in [0.3, 0.4) is 0 Å². The van der Waals surface area contributed by atoms with Crippen molar-refractivity contribution in [2.45, 2.75) is 6.61 Å². The van der Waals surface area contributed by atoms with Crippen molar-refractivity contribution in [1.29, 1.82) is 0 Å². The van der Waals surface area contributed by atoms with E-state index in [9.17, 15) is 8.42 Å². The van der Waals surface area contributed by atoms with Crippen molar-refractivity contribution in [3.05, 3.63) is 24.0 Å². The van der Waals surface area contributed by atoms with Crippen molar-refractivity contribution in [2.24, 2.45) is 5.14 Å². The molecule has 0 aromatic carbocycles. The van der Waals surface area contributed by atoms with E-state index in [0.29, 0.717) is 5.69 Å². The highest BCUT2D eigenvalue weighted by atomic mass is 32.2. The van der Waals surface area contributed by atoms with Crippen molar-refractivity contribution in [3.8, 4) is 0 Å². The Balaban J connectivity index is 2.48. The molecule has 1 rings (SSSR count). The maximum absolute atomic E-state index is 10.3. The van der Waals surface area contributed by atoms with Gasteiger partial charge in [-0.3, -0.25) is 4.18 Å². The molecule has 0 spiro atoms. The average Bonchev–Trinajstić information content (AvgIpc) is 2.32. The van der Waals surface area contributed by atoms with E-state index < -0.39 is 10.3 Å². The van der Waals surface area contributed by atoms with E-state index in [-0.39, 0.29) is 6.61 Å². The highest BCUT2D eigenvalue weighted by molar-refractivity contribution is 7.84. The minimum absolute atomic E-state index is 0.0498. The van der Waals surface area contributed by atoms with Gasteiger partial charge in [-0.15, -0.1) is 0 Å². The molecule has 0 bridgehead atoms. The summed E-state index contributed by atoms with van der Waals surface area (Å²) in [6.07, 6.45) is 1.67. The molecule has 0 aliphatic heterocycles. The number of aromatic nitrogens is 1. The van der Waals surface area contributed by atoms with Gasteiger partial charge >= 0.3 is 10.3 Å². The molecule has 0 amide bonds. The van der Waals surface area contributed by atoms with Crippen molar-refractivity contribution in [1.82, 2.24) is 4.98 Å². The molecule has 0 radical (unpaired) electrons. The van der Waals surface area contributed by atoms with Gasteiger partial charge in [0.15, 0.2) is 0 Å². The van der Waals surface area contributed by atoms with Gasteiger partial charge in [-0.2, -0.15) is 8.42 Å². The monoisotopic (exact) mass is 176 g/mol. The van der Waals surface area contributed by atoms with Crippen LogP contribution in [0.15, 0.2) is 18.3 Å². The first kappa shape index (κ1) is 8.25. The maximum Gasteiger partial charge on any atom is 0.333 e. The number of aromatic amines is 1. The van der Waals surface area contributed by atoms with Crippen LogP contribution in [0.25, 0.3) is 0 Å². The molecule has 0 saturated heterocycles. The van der Waals surface area contributed by atoms with Crippen molar-refractivity contribution < 1.29 is 12.6 Å². The van der Waals surface area contributed by atoms with E-state index in [2.05, 4.69) is 14.3 Å². The van der Waals surface area contributed by atoms with Gasteiger partial charge in [-0.1, -0.05) is 0 Å². The number of hydrogen-bond donors (Lipinski definition) is 2. The smallest absolute Gasteiger partial charge is 0.333 e. The van der Waals surface area contributed by atoms with E-state index in [0.717, 1.165) is 0 Å². The first-order valence-electron chi connectivity index (χ1n) is 2.87. The summed E-state index contributed by atoms with van der Waals surface area (Å²) in [6.45, 7) is -0.0498. The van der Waals surface area contributed by atoms with E-state index >= 15 is 0 Å². The second kappa shape index (κ2) is 3.04. The standard InChI is InChI=1S/C5H8N2O3S/c6-11(8,9)10-4-5-2-1-3-7-5/h1-3,7H,4H2,(H2,6,8,9). The quantitative estimate of drug-likeness (QED) is 0.665. The Bertz CT molecular complexity index is 302. The lowest BCUT2D eigenvalue weighted by molar-refractivity contribution is 0.305. The molecule has 0 fully saturated rings. The molecule has 0 aliphatic rings. The van der Waals surface area contributed by atoms with Gasteiger partial charge in [-0.25, -0.2) is 5.14 Å². The predicted molar refractivity (Wildman–Crippen MR) is 38.7 cm³/mol. The Morgan fingerprint density at radius 2 is 2.36 bits per heavy atom. The number of nitrogens with one attached hydrogen (secondary N) is 1. The highest BCUT2D eigenvalue weighted by Crippen LogP contribution is 1.97. The highest BCUT2D eigenvalue weighted by Gasteiger charge is 2.02. The van der Waals surface area contributed by atoms with Gasteiger partial charge in [0.2, 0.25) is 0 Å². The molecule has 0 saturated carbocycles. The number of hydrogen-bond acceptors (Lipinski definition) is 3. The van der Waals surface area contributed by atoms with Gasteiger partial charge < -0.3 is 4.98 Å². The largest absolute Gasteiger partial charge is 0.363 e. The second-order valence-electron chi connectivity index (χ2n) is 1.95. The van der Waals surface area contributed by atoms with Gasteiger partial charge in [0.1, 0.15) is 6.61 Å². The molecule has 5 nitrogen and oxygen atoms in total. The van der Waals surface area contributed by atoms with E-state index in [1.165, 1.54) is 0 Å². The second-order valence-corrected chi connectivity index (χ2v) is 3.17. The molecule has 62 valence electrons. The Morgan fingerprint density at radius 3 is 2.82 bits per heavy atom. The Morgan fingerprint density at radius 1 is 1.64 bits per heavy atom. The van der Waals surface area contributed by atoms with Gasteiger partial charge in [0, 0.05) is 11.9 Å². The molecule has 0 unspecified atom stereocenters. The number of nitrogens with two attached hydrogens (primary N) is 1. The fourth-order valence-electron chi connectivity index (χ4n) is 0.603. The number of rotatable bonds is 3. The molecule has 11 heavy (non-hydrogen) atoms. The summed E-state index contributed by atoms with van der Waals surface area (Å²) in [7, 11) is -3.82. The van der Waals surface area contributed by atoms with Gasteiger partial charge in [-0.05, 0) is 12.1 Å². The van der Waals surface area contributed by atoms with Crippen molar-refractivity contribution in [2.75, 3.05) is 0 Å². The van der Waals surface area contributed by atoms with Crippen LogP contribution < -0.4 is 5.14 Å². The van der Waals surface area contributed by atoms with Crippen molar-refractivity contribution >= 4 is 10.3 Å². The zero-order valence-electron chi connectivity index (χ0n) is 5.65. The predicted octanol–water partition coefficient (Wildman–Crippen LogP) is -0.265. The topological polar surface area (TPSA) is 85.2 Å². The molecular weight excluding hydrogens is 168 g/mol. The summed E-state index contributed by atoms with van der Waals surface area (Å²) in [6, 6.07) is 3.44. The Kier molecular flexibility index (Phi) is 2.28. The third kappa shape index (κ3) is 3.17. The summed E-state index contributed by atoms with van der Waals surface area (Å²) < 4.78 is 24.8. The molecule has 0 atom stereocenters. The normalized spacial score (nSPS) is 11.7. The molecule has 0 aliphatic carbocycles. The van der Waals surface area contributed by atoms with Gasteiger partial charge in [0.25, 0.3) is 0 Å². The minimum Gasteiger partial charge on any atom is -0.363 e. The average molecular weight is 176 g/mol. The molecule has 6 heteroatoms. The first-order valence-corrected chi connectivity index (χ1v) is 4.34. The van der Waals surface area contributed by atoms with Crippen molar-refractivity contribution in [3.63, 3.8) is 0 Å². The molecular formula is C5H8N2O3S. The third-order valence-corrected chi connectivity index (χ3v) is 1.49. The summed E-state index contributed by atoms with van der Waals surface area (Å²) in [5, 5.41) is 4.59. The maximum atomic E-state index is 10.3. The van der Waals surface area contributed by atoms with E-state index in [1.54, 1.807) is 18.3 Å². The molecule has 1 heterocycles. The van der Waals surface area contributed by atoms with Gasteiger partial charge in [0.05, 0.1) is 0 Å². The number of H-pyrrole nitrogens is 1. The Hall–Kier alpha value is -0.850. The Labute approximate surface area is 64.4 Å². The molecule has 3 N–H and O–H groups in total. The minimum atomic E-state index is -3.82. The summed E-state index contributed by atoms with van der Waals surface area (Å²) in [4.78, 5) is 2.76. The van der Waals surface area contributed by atoms with Crippen LogP contribution in [0.5, 0.6) is 0 Å². The van der Waals surface area contributed by atoms with Crippen LogP contribution in [-0.2, 0) is 21.1 Å². The fraction of sp³-hybridized carbons (Fsp3) is 0.200.